The number of hydrogen-bond acceptors (Lipinski definition) is 4. The zero-order chi connectivity index (χ0) is 19.3. The summed E-state index contributed by atoms with van der Waals surface area (Å²) in [7, 11) is -3.74. The highest BCUT2D eigenvalue weighted by molar-refractivity contribution is 7.92. The highest BCUT2D eigenvalue weighted by atomic mass is 32.2. The van der Waals surface area contributed by atoms with E-state index >= 15 is 0 Å². The van der Waals surface area contributed by atoms with Crippen LogP contribution in [0.3, 0.4) is 0 Å². The van der Waals surface area contributed by atoms with E-state index in [0.717, 1.165) is 5.56 Å². The van der Waals surface area contributed by atoms with E-state index in [9.17, 15) is 13.2 Å². The van der Waals surface area contributed by atoms with Crippen LogP contribution in [0.4, 0.5) is 5.69 Å². The first-order valence-corrected chi connectivity index (χ1v) is 9.89. The predicted octanol–water partition coefficient (Wildman–Crippen LogP) is 2.43. The summed E-state index contributed by atoms with van der Waals surface area (Å²) in [5, 5.41) is 2.79. The largest absolute Gasteiger partial charge is 0.352 e. The quantitative estimate of drug-likeness (QED) is 0.692. The zero-order valence-corrected chi connectivity index (χ0v) is 16.1. The number of anilines is 1. The Labute approximate surface area is 154 Å². The third-order valence-electron chi connectivity index (χ3n) is 4.02. The van der Waals surface area contributed by atoms with Gasteiger partial charge in [-0.05, 0) is 61.7 Å². The molecule has 4 N–H and O–H groups in total. The summed E-state index contributed by atoms with van der Waals surface area (Å²) >= 11 is 0. The number of aryl methyl sites for hydroxylation is 2. The maximum atomic E-state index is 12.7. The molecule has 7 heteroatoms. The molecule has 0 aliphatic rings. The predicted molar refractivity (Wildman–Crippen MR) is 104 cm³/mol. The lowest BCUT2D eigenvalue weighted by Gasteiger charge is -2.13. The van der Waals surface area contributed by atoms with E-state index in [1.54, 1.807) is 37.3 Å². The fourth-order valence-electron chi connectivity index (χ4n) is 2.38. The second-order valence-electron chi connectivity index (χ2n) is 6.51. The molecule has 2 rings (SSSR count). The molecule has 0 heterocycles. The number of carbonyl (C=O) groups excluding carboxylic acids is 1. The Kier molecular flexibility index (Phi) is 6.39. The van der Waals surface area contributed by atoms with Crippen molar-refractivity contribution < 1.29 is 13.2 Å². The van der Waals surface area contributed by atoms with Gasteiger partial charge in [0.2, 0.25) is 0 Å². The molecule has 26 heavy (non-hydrogen) atoms. The Morgan fingerprint density at radius 3 is 2.58 bits per heavy atom. The minimum absolute atomic E-state index is 0.171. The molecule has 0 aliphatic heterocycles. The third kappa shape index (κ3) is 5.06. The van der Waals surface area contributed by atoms with Crippen molar-refractivity contribution in [3.05, 3.63) is 59.2 Å². The number of benzene rings is 2. The molecule has 140 valence electrons. The number of carbonyl (C=O) groups is 1. The van der Waals surface area contributed by atoms with E-state index in [1.165, 1.54) is 6.07 Å². The molecule has 0 bridgehead atoms. The van der Waals surface area contributed by atoms with Gasteiger partial charge in [-0.15, -0.1) is 0 Å². The van der Waals surface area contributed by atoms with Gasteiger partial charge in [0.15, 0.2) is 0 Å². The van der Waals surface area contributed by atoms with Crippen LogP contribution in [0.5, 0.6) is 0 Å². The van der Waals surface area contributed by atoms with Crippen molar-refractivity contribution in [1.29, 1.82) is 0 Å². The van der Waals surface area contributed by atoms with Crippen LogP contribution in [-0.2, 0) is 10.0 Å². The molecular weight excluding hydrogens is 350 g/mol. The Morgan fingerprint density at radius 1 is 1.15 bits per heavy atom. The van der Waals surface area contributed by atoms with Gasteiger partial charge in [0.25, 0.3) is 15.9 Å². The van der Waals surface area contributed by atoms with Crippen LogP contribution in [0, 0.1) is 19.8 Å². The van der Waals surface area contributed by atoms with Crippen molar-refractivity contribution >= 4 is 21.6 Å². The van der Waals surface area contributed by atoms with Crippen LogP contribution < -0.4 is 15.8 Å². The first-order valence-electron chi connectivity index (χ1n) is 8.41. The van der Waals surface area contributed by atoms with E-state index < -0.39 is 10.0 Å². The number of hydrogen-bond donors (Lipinski definition) is 3. The number of sulfonamides is 1. The SMILES string of the molecule is Cc1ccc(C)c(S(=O)(=O)Nc2cccc(C(=O)NCC(C)CN)c2)c1. The van der Waals surface area contributed by atoms with Crippen molar-refractivity contribution in [2.75, 3.05) is 17.8 Å². The molecule has 1 amide bonds. The summed E-state index contributed by atoms with van der Waals surface area (Å²) in [5.41, 5.74) is 7.78. The van der Waals surface area contributed by atoms with E-state index in [2.05, 4.69) is 10.0 Å². The van der Waals surface area contributed by atoms with Crippen LogP contribution in [-0.4, -0.2) is 27.4 Å². The molecule has 2 aromatic carbocycles. The smallest absolute Gasteiger partial charge is 0.262 e. The topological polar surface area (TPSA) is 101 Å². The fraction of sp³-hybridized carbons (Fsp3) is 0.316. The molecule has 0 radical (unpaired) electrons. The second-order valence-corrected chi connectivity index (χ2v) is 8.16. The number of rotatable bonds is 7. The molecule has 0 saturated carbocycles. The van der Waals surface area contributed by atoms with E-state index in [0.29, 0.717) is 29.9 Å². The molecular formula is C19H25N3O3S. The minimum Gasteiger partial charge on any atom is -0.352 e. The lowest BCUT2D eigenvalue weighted by molar-refractivity contribution is 0.0948. The van der Waals surface area contributed by atoms with Crippen LogP contribution in [0.2, 0.25) is 0 Å². The summed E-state index contributed by atoms with van der Waals surface area (Å²) < 4.78 is 27.9. The average molecular weight is 375 g/mol. The van der Waals surface area contributed by atoms with Crippen LogP contribution in [0.1, 0.15) is 28.4 Å². The summed E-state index contributed by atoms with van der Waals surface area (Å²) in [5.74, 6) is -0.0944. The number of nitrogens with two attached hydrogens (primary N) is 1. The molecule has 6 nitrogen and oxygen atoms in total. The second kappa shape index (κ2) is 8.33. The summed E-state index contributed by atoms with van der Waals surface area (Å²) in [4.78, 5) is 12.4. The fourth-order valence-corrected chi connectivity index (χ4v) is 3.76. The lowest BCUT2D eigenvalue weighted by Crippen LogP contribution is -2.31. The Balaban J connectivity index is 2.20. The Bertz CT molecular complexity index is 895. The summed E-state index contributed by atoms with van der Waals surface area (Å²) in [6, 6.07) is 11.7. The summed E-state index contributed by atoms with van der Waals surface area (Å²) in [6.45, 7) is 6.47. The first kappa shape index (κ1) is 19.9. The Hall–Kier alpha value is -2.38. The monoisotopic (exact) mass is 375 g/mol. The number of amides is 1. The van der Waals surface area contributed by atoms with Crippen molar-refractivity contribution in [3.63, 3.8) is 0 Å². The minimum atomic E-state index is -3.74. The van der Waals surface area contributed by atoms with Gasteiger partial charge < -0.3 is 11.1 Å². The van der Waals surface area contributed by atoms with E-state index in [-0.39, 0.29) is 16.7 Å². The normalized spacial score (nSPS) is 12.5. The molecule has 2 aromatic rings. The van der Waals surface area contributed by atoms with Gasteiger partial charge in [0.05, 0.1) is 4.90 Å². The average Bonchev–Trinajstić information content (AvgIpc) is 2.61. The van der Waals surface area contributed by atoms with Crippen molar-refractivity contribution in [2.24, 2.45) is 11.7 Å². The van der Waals surface area contributed by atoms with Gasteiger partial charge in [0, 0.05) is 17.8 Å². The van der Waals surface area contributed by atoms with Gasteiger partial charge in [-0.3, -0.25) is 9.52 Å². The van der Waals surface area contributed by atoms with Crippen molar-refractivity contribution in [1.82, 2.24) is 5.32 Å². The molecule has 0 aromatic heterocycles. The van der Waals surface area contributed by atoms with Crippen molar-refractivity contribution in [3.8, 4) is 0 Å². The van der Waals surface area contributed by atoms with Gasteiger partial charge in [-0.25, -0.2) is 8.42 Å². The molecule has 0 spiro atoms. The van der Waals surface area contributed by atoms with Crippen molar-refractivity contribution in [2.45, 2.75) is 25.7 Å². The van der Waals surface area contributed by atoms with Gasteiger partial charge in [0.1, 0.15) is 0 Å². The standard InChI is InChI=1S/C19H25N3O3S/c1-13-7-8-15(3)18(9-13)26(24,25)22-17-6-4-5-16(10-17)19(23)21-12-14(2)11-20/h4-10,14,22H,11-12,20H2,1-3H3,(H,21,23). The number of nitrogens with one attached hydrogen (secondary N) is 2. The molecule has 0 aliphatic carbocycles. The third-order valence-corrected chi connectivity index (χ3v) is 5.55. The molecule has 0 fully saturated rings. The van der Waals surface area contributed by atoms with Crippen LogP contribution in [0.15, 0.2) is 47.4 Å². The highest BCUT2D eigenvalue weighted by Crippen LogP contribution is 2.21. The van der Waals surface area contributed by atoms with Gasteiger partial charge in [-0.1, -0.05) is 25.1 Å². The Morgan fingerprint density at radius 2 is 1.88 bits per heavy atom. The molecule has 1 unspecified atom stereocenters. The van der Waals surface area contributed by atoms with Crippen LogP contribution >= 0.6 is 0 Å². The maximum absolute atomic E-state index is 12.7. The molecule has 1 atom stereocenters. The zero-order valence-electron chi connectivity index (χ0n) is 15.2. The van der Waals surface area contributed by atoms with E-state index in [4.69, 9.17) is 5.73 Å². The van der Waals surface area contributed by atoms with Gasteiger partial charge in [-0.2, -0.15) is 0 Å². The van der Waals surface area contributed by atoms with E-state index in [1.807, 2.05) is 19.9 Å². The lowest BCUT2D eigenvalue weighted by atomic mass is 10.1. The van der Waals surface area contributed by atoms with Crippen LogP contribution in [0.25, 0.3) is 0 Å². The highest BCUT2D eigenvalue weighted by Gasteiger charge is 2.18. The summed E-state index contributed by atoms with van der Waals surface area (Å²) in [6.07, 6.45) is 0. The van der Waals surface area contributed by atoms with Gasteiger partial charge >= 0.3 is 0 Å². The first-order chi connectivity index (χ1) is 12.2. The molecule has 0 saturated heterocycles. The maximum Gasteiger partial charge on any atom is 0.262 e.